The number of carboxylic acids is 2. The molecule has 0 saturated carbocycles. The Morgan fingerprint density at radius 1 is 1.00 bits per heavy atom. The molecule has 0 radical (unpaired) electrons. The summed E-state index contributed by atoms with van der Waals surface area (Å²) in [6.07, 6.45) is 3.79. The fraction of sp³-hybridized carbons (Fsp3) is 0.350. The maximum atomic E-state index is 9.55. The number of pyridine rings is 1. The van der Waals surface area contributed by atoms with E-state index < -0.39 is 11.9 Å². The van der Waals surface area contributed by atoms with Crippen molar-refractivity contribution in [3.63, 3.8) is 0 Å². The number of aromatic nitrogens is 1. The number of nitrogens with zero attached hydrogens (tertiary/aromatic N) is 3. The second-order valence-electron chi connectivity index (χ2n) is 6.83. The molecule has 2 aliphatic rings. The van der Waals surface area contributed by atoms with Gasteiger partial charge in [0.25, 0.3) is 0 Å². The third-order valence-corrected chi connectivity index (χ3v) is 5.12. The lowest BCUT2D eigenvalue weighted by atomic mass is 10.2. The zero-order valence-corrected chi connectivity index (χ0v) is 15.2. The minimum Gasteiger partial charge on any atom is -0.478 e. The number of carbonyl (C=O) groups is 2. The smallest absolute Gasteiger partial charge is 0.328 e. The van der Waals surface area contributed by atoms with E-state index in [1.54, 1.807) is 0 Å². The molecule has 0 spiro atoms. The number of anilines is 1. The summed E-state index contributed by atoms with van der Waals surface area (Å²) < 4.78 is 0. The topological polar surface area (TPSA) is 94.0 Å². The van der Waals surface area contributed by atoms with Gasteiger partial charge in [-0.1, -0.05) is 18.2 Å². The van der Waals surface area contributed by atoms with Crippen molar-refractivity contribution < 1.29 is 19.8 Å². The maximum Gasteiger partial charge on any atom is 0.328 e. The van der Waals surface area contributed by atoms with Gasteiger partial charge in [0.1, 0.15) is 5.82 Å². The predicted molar refractivity (Wildman–Crippen MR) is 103 cm³/mol. The molecule has 27 heavy (non-hydrogen) atoms. The Labute approximate surface area is 157 Å². The molecule has 7 nitrogen and oxygen atoms in total. The highest BCUT2D eigenvalue weighted by molar-refractivity contribution is 5.89. The molecule has 2 saturated heterocycles. The summed E-state index contributed by atoms with van der Waals surface area (Å²) in [5.74, 6) is -1.37. The Morgan fingerprint density at radius 2 is 1.59 bits per heavy atom. The number of hydrogen-bond acceptors (Lipinski definition) is 5. The summed E-state index contributed by atoms with van der Waals surface area (Å²) in [6, 6.07) is 14.2. The van der Waals surface area contributed by atoms with E-state index in [9.17, 15) is 9.59 Å². The van der Waals surface area contributed by atoms with Crippen LogP contribution in [0.25, 0.3) is 10.9 Å². The van der Waals surface area contributed by atoms with Crippen LogP contribution in [0.2, 0.25) is 0 Å². The van der Waals surface area contributed by atoms with Crippen LogP contribution in [0.3, 0.4) is 0 Å². The summed E-state index contributed by atoms with van der Waals surface area (Å²) in [5, 5.41) is 16.8. The Balaban J connectivity index is 0.000000226. The molecule has 7 heteroatoms. The second-order valence-corrected chi connectivity index (χ2v) is 6.83. The molecule has 2 atom stereocenters. The average Bonchev–Trinajstić information content (AvgIpc) is 2.86. The Bertz CT molecular complexity index is 837. The standard InChI is InChI=1S/C16H19N3.C4H4O4/c1-18-13-7-8-14(18)11-19(10-13)16-9-6-12-4-2-3-5-15(12)17-16;5-3(6)1-2-4(7)8/h2-6,9,13-14H,7-8,10-11H2,1H3;1-2H,(H,5,6)(H,7,8)/b;2-1+. The molecule has 2 aliphatic heterocycles. The van der Waals surface area contributed by atoms with Crippen LogP contribution in [-0.4, -0.2) is 64.3 Å². The summed E-state index contributed by atoms with van der Waals surface area (Å²) in [5.41, 5.74) is 1.10. The molecule has 1 aromatic carbocycles. The zero-order valence-electron chi connectivity index (χ0n) is 15.2. The number of likely N-dealkylation sites (N-methyl/N-ethyl adjacent to an activating group) is 1. The molecule has 2 aromatic rings. The molecule has 4 rings (SSSR count). The van der Waals surface area contributed by atoms with Gasteiger partial charge in [-0.25, -0.2) is 14.6 Å². The van der Waals surface area contributed by atoms with Crippen molar-refractivity contribution in [2.24, 2.45) is 0 Å². The summed E-state index contributed by atoms with van der Waals surface area (Å²) in [6.45, 7) is 2.25. The van der Waals surface area contributed by atoms with E-state index in [4.69, 9.17) is 15.2 Å². The number of aliphatic carboxylic acids is 2. The highest BCUT2D eigenvalue weighted by Crippen LogP contribution is 2.31. The molecule has 2 unspecified atom stereocenters. The molecule has 2 fully saturated rings. The van der Waals surface area contributed by atoms with E-state index in [1.165, 1.54) is 18.2 Å². The van der Waals surface area contributed by atoms with Crippen LogP contribution in [0, 0.1) is 0 Å². The summed E-state index contributed by atoms with van der Waals surface area (Å²) in [4.78, 5) is 29.0. The van der Waals surface area contributed by atoms with E-state index in [-0.39, 0.29) is 0 Å². The van der Waals surface area contributed by atoms with Gasteiger partial charge in [0.05, 0.1) is 5.52 Å². The lowest BCUT2D eigenvalue weighted by Gasteiger charge is -2.39. The van der Waals surface area contributed by atoms with Crippen molar-refractivity contribution in [3.05, 3.63) is 48.6 Å². The van der Waals surface area contributed by atoms with Crippen LogP contribution in [0.4, 0.5) is 5.82 Å². The number of fused-ring (bicyclic) bond motifs is 3. The first-order valence-electron chi connectivity index (χ1n) is 8.90. The molecule has 2 bridgehead atoms. The van der Waals surface area contributed by atoms with E-state index in [1.807, 2.05) is 0 Å². The SMILES string of the molecule is CN1C2CCC1CN(c1ccc3ccccc3n1)C2.O=C(O)/C=C/C(=O)O. The van der Waals surface area contributed by atoms with Crippen LogP contribution >= 0.6 is 0 Å². The van der Waals surface area contributed by atoms with Crippen LogP contribution < -0.4 is 4.90 Å². The van der Waals surface area contributed by atoms with Gasteiger partial charge >= 0.3 is 11.9 Å². The van der Waals surface area contributed by atoms with Crippen molar-refractivity contribution in [2.45, 2.75) is 24.9 Å². The quantitative estimate of drug-likeness (QED) is 0.801. The van der Waals surface area contributed by atoms with Crippen LogP contribution in [0.15, 0.2) is 48.6 Å². The third-order valence-electron chi connectivity index (χ3n) is 5.12. The first-order valence-corrected chi connectivity index (χ1v) is 8.90. The molecule has 0 amide bonds. The minimum absolute atomic E-state index is 0.558. The van der Waals surface area contributed by atoms with E-state index >= 15 is 0 Å². The Hall–Kier alpha value is -2.93. The van der Waals surface area contributed by atoms with E-state index in [0.29, 0.717) is 24.2 Å². The van der Waals surface area contributed by atoms with Gasteiger partial charge in [-0.3, -0.25) is 4.90 Å². The number of benzene rings is 1. The van der Waals surface area contributed by atoms with Crippen LogP contribution in [-0.2, 0) is 9.59 Å². The molecule has 2 N–H and O–H groups in total. The van der Waals surface area contributed by atoms with Crippen LogP contribution in [0.1, 0.15) is 12.8 Å². The van der Waals surface area contributed by atoms with Gasteiger partial charge in [-0.05, 0) is 38.1 Å². The van der Waals surface area contributed by atoms with Crippen molar-refractivity contribution in [1.29, 1.82) is 0 Å². The number of para-hydroxylation sites is 1. The fourth-order valence-electron chi connectivity index (χ4n) is 3.67. The first kappa shape index (κ1) is 18.8. The zero-order chi connectivity index (χ0) is 19.4. The number of rotatable bonds is 3. The predicted octanol–water partition coefficient (Wildman–Crippen LogP) is 2.23. The monoisotopic (exact) mass is 369 g/mol. The normalized spacial score (nSPS) is 21.9. The van der Waals surface area contributed by atoms with Crippen molar-refractivity contribution in [3.8, 4) is 0 Å². The van der Waals surface area contributed by atoms with Gasteiger partial charge in [0.2, 0.25) is 0 Å². The van der Waals surface area contributed by atoms with E-state index in [0.717, 1.165) is 24.4 Å². The highest BCUT2D eigenvalue weighted by Gasteiger charge is 2.37. The van der Waals surface area contributed by atoms with Gasteiger partial charge in [-0.15, -0.1) is 0 Å². The molecule has 1 aromatic heterocycles. The first-order chi connectivity index (χ1) is 12.9. The van der Waals surface area contributed by atoms with Gasteiger partial charge in [0, 0.05) is 42.7 Å². The number of hydrogen-bond donors (Lipinski definition) is 2. The van der Waals surface area contributed by atoms with Gasteiger partial charge in [0.15, 0.2) is 0 Å². The van der Waals surface area contributed by atoms with Gasteiger partial charge in [-0.2, -0.15) is 0 Å². The lowest BCUT2D eigenvalue weighted by Crippen LogP contribution is -2.52. The second kappa shape index (κ2) is 8.18. The van der Waals surface area contributed by atoms with Crippen molar-refractivity contribution >= 4 is 28.7 Å². The minimum atomic E-state index is -1.26. The maximum absolute atomic E-state index is 9.55. The van der Waals surface area contributed by atoms with Crippen molar-refractivity contribution in [2.75, 3.05) is 25.0 Å². The summed E-state index contributed by atoms with van der Waals surface area (Å²) >= 11 is 0. The highest BCUT2D eigenvalue weighted by atomic mass is 16.4. The number of carboxylic acid groups (broad SMARTS) is 2. The van der Waals surface area contributed by atoms with Crippen LogP contribution in [0.5, 0.6) is 0 Å². The fourth-order valence-corrected chi connectivity index (χ4v) is 3.67. The molecule has 142 valence electrons. The molecular formula is C20H23N3O4. The largest absolute Gasteiger partial charge is 0.478 e. The third kappa shape index (κ3) is 4.62. The Morgan fingerprint density at radius 3 is 2.19 bits per heavy atom. The summed E-state index contributed by atoms with van der Waals surface area (Å²) in [7, 11) is 2.27. The lowest BCUT2D eigenvalue weighted by molar-refractivity contribution is -0.134. The van der Waals surface area contributed by atoms with Crippen molar-refractivity contribution in [1.82, 2.24) is 9.88 Å². The molecule has 0 aliphatic carbocycles. The Kier molecular flexibility index (Phi) is 5.71. The van der Waals surface area contributed by atoms with Gasteiger partial charge < -0.3 is 15.1 Å². The number of piperazine rings is 1. The van der Waals surface area contributed by atoms with E-state index in [2.05, 4.69) is 53.2 Å². The average molecular weight is 369 g/mol. The molecular weight excluding hydrogens is 346 g/mol. The molecule has 3 heterocycles.